The van der Waals surface area contributed by atoms with Crippen LogP contribution in [0.2, 0.25) is 0 Å². The van der Waals surface area contributed by atoms with E-state index in [0.29, 0.717) is 47.5 Å². The van der Waals surface area contributed by atoms with E-state index in [4.69, 9.17) is 4.74 Å². The van der Waals surface area contributed by atoms with Gasteiger partial charge < -0.3 is 4.74 Å². The Bertz CT molecular complexity index is 1220. The number of hydrogen-bond acceptors (Lipinski definition) is 9. The van der Waals surface area contributed by atoms with Crippen molar-refractivity contribution in [2.75, 3.05) is 50.5 Å². The molecular formula is C20H25ClN4O4S3. The lowest BCUT2D eigenvalue weighted by atomic mass is 10.3. The van der Waals surface area contributed by atoms with Crippen molar-refractivity contribution in [1.29, 1.82) is 0 Å². The smallest absolute Gasteiger partial charge is 0.272 e. The molecule has 1 fully saturated rings. The molecule has 0 aliphatic carbocycles. The van der Waals surface area contributed by atoms with Crippen molar-refractivity contribution in [3.8, 4) is 0 Å². The third kappa shape index (κ3) is 5.29. The fourth-order valence-corrected chi connectivity index (χ4v) is 6.31. The van der Waals surface area contributed by atoms with Gasteiger partial charge >= 0.3 is 0 Å². The molecule has 1 amide bonds. The normalized spacial score (nSPS) is 15.0. The van der Waals surface area contributed by atoms with Gasteiger partial charge in [0.2, 0.25) is 0 Å². The number of sulfone groups is 1. The minimum Gasteiger partial charge on any atom is -0.379 e. The maximum absolute atomic E-state index is 13.5. The van der Waals surface area contributed by atoms with Crippen molar-refractivity contribution in [2.24, 2.45) is 0 Å². The largest absolute Gasteiger partial charge is 0.379 e. The van der Waals surface area contributed by atoms with Gasteiger partial charge in [0.05, 0.1) is 33.5 Å². The first-order valence-corrected chi connectivity index (χ1v) is 13.4. The number of carbonyl (C=O) groups is 1. The minimum atomic E-state index is -3.44. The number of benzene rings is 1. The molecule has 12 heteroatoms. The van der Waals surface area contributed by atoms with Crippen molar-refractivity contribution in [3.63, 3.8) is 0 Å². The van der Waals surface area contributed by atoms with E-state index in [9.17, 15) is 13.2 Å². The monoisotopic (exact) mass is 516 g/mol. The molecular weight excluding hydrogens is 492 g/mol. The second-order valence-electron chi connectivity index (χ2n) is 7.43. The number of rotatable bonds is 6. The summed E-state index contributed by atoms with van der Waals surface area (Å²) in [6.07, 6.45) is 1.17. The Morgan fingerprint density at radius 3 is 2.53 bits per heavy atom. The fraction of sp³-hybridized carbons (Fsp3) is 0.450. The molecule has 0 N–H and O–H groups in total. The second kappa shape index (κ2) is 10.1. The summed E-state index contributed by atoms with van der Waals surface area (Å²) in [4.78, 5) is 27.2. The standard InChI is InChI=1S/C20H24N4O4S3.ClH/c1-13-18(29-14(2)21-13)19(25)24(8-7-23-9-11-28-12-10-23)20-22-17-15(30-20)5-4-6-16(17)31(3,26)27;/h4-6H,7-12H2,1-3H3;1H. The molecule has 1 saturated heterocycles. The third-order valence-corrected chi connectivity index (χ3v) is 8.32. The summed E-state index contributed by atoms with van der Waals surface area (Å²) in [6, 6.07) is 5.09. The van der Waals surface area contributed by atoms with Gasteiger partial charge in [-0.3, -0.25) is 14.6 Å². The third-order valence-electron chi connectivity index (χ3n) is 5.09. The number of halogens is 1. The molecule has 2 aromatic heterocycles. The second-order valence-corrected chi connectivity index (χ2v) is 11.6. The van der Waals surface area contributed by atoms with Crippen molar-refractivity contribution >= 4 is 66.2 Å². The summed E-state index contributed by atoms with van der Waals surface area (Å²) in [5, 5.41) is 1.33. The highest BCUT2D eigenvalue weighted by Crippen LogP contribution is 2.34. The zero-order chi connectivity index (χ0) is 22.2. The first-order chi connectivity index (χ1) is 14.7. The molecule has 1 aromatic carbocycles. The molecule has 32 heavy (non-hydrogen) atoms. The lowest BCUT2D eigenvalue weighted by Gasteiger charge is -2.29. The van der Waals surface area contributed by atoms with Gasteiger partial charge in [0.25, 0.3) is 5.91 Å². The van der Waals surface area contributed by atoms with Crippen LogP contribution in [0.15, 0.2) is 23.1 Å². The average molecular weight is 517 g/mol. The highest BCUT2D eigenvalue weighted by atomic mass is 35.5. The van der Waals surface area contributed by atoms with Crippen LogP contribution in [0.4, 0.5) is 5.13 Å². The number of nitrogens with zero attached hydrogens (tertiary/aromatic N) is 4. The minimum absolute atomic E-state index is 0. The van der Waals surface area contributed by atoms with Crippen LogP contribution in [-0.2, 0) is 14.6 Å². The van der Waals surface area contributed by atoms with Gasteiger partial charge in [-0.1, -0.05) is 17.4 Å². The van der Waals surface area contributed by atoms with Gasteiger partial charge in [0.1, 0.15) is 10.4 Å². The van der Waals surface area contributed by atoms with E-state index >= 15 is 0 Å². The van der Waals surface area contributed by atoms with E-state index in [1.807, 2.05) is 19.9 Å². The topological polar surface area (TPSA) is 92.7 Å². The molecule has 0 spiro atoms. The zero-order valence-corrected chi connectivity index (χ0v) is 21.3. The van der Waals surface area contributed by atoms with Crippen LogP contribution in [-0.4, -0.2) is 74.8 Å². The highest BCUT2D eigenvalue weighted by molar-refractivity contribution is 7.91. The van der Waals surface area contributed by atoms with Crippen LogP contribution in [0.25, 0.3) is 10.2 Å². The predicted octanol–water partition coefficient (Wildman–Crippen LogP) is 3.17. The maximum Gasteiger partial charge on any atom is 0.272 e. The molecule has 4 rings (SSSR count). The number of aromatic nitrogens is 2. The van der Waals surface area contributed by atoms with Crippen molar-refractivity contribution < 1.29 is 17.9 Å². The molecule has 3 aromatic rings. The number of hydrogen-bond donors (Lipinski definition) is 0. The van der Waals surface area contributed by atoms with Crippen LogP contribution in [0.1, 0.15) is 20.4 Å². The Kier molecular flexibility index (Phi) is 7.89. The Morgan fingerprint density at radius 1 is 1.19 bits per heavy atom. The Labute approximate surface area is 201 Å². The van der Waals surface area contributed by atoms with Gasteiger partial charge in [-0.25, -0.2) is 18.4 Å². The lowest BCUT2D eigenvalue weighted by molar-refractivity contribution is 0.0391. The quantitative estimate of drug-likeness (QED) is 0.496. The predicted molar refractivity (Wildman–Crippen MR) is 131 cm³/mol. The van der Waals surface area contributed by atoms with Crippen LogP contribution < -0.4 is 4.90 Å². The molecule has 1 aliphatic rings. The van der Waals surface area contributed by atoms with Crippen molar-refractivity contribution in [2.45, 2.75) is 18.7 Å². The van der Waals surface area contributed by atoms with Crippen LogP contribution in [0.3, 0.4) is 0 Å². The number of ether oxygens (including phenoxy) is 1. The molecule has 0 unspecified atom stereocenters. The number of aryl methyl sites for hydroxylation is 2. The molecule has 0 saturated carbocycles. The summed E-state index contributed by atoms with van der Waals surface area (Å²) in [6.45, 7) is 7.83. The highest BCUT2D eigenvalue weighted by Gasteiger charge is 2.27. The number of para-hydroxylation sites is 1. The summed E-state index contributed by atoms with van der Waals surface area (Å²) >= 11 is 2.69. The molecule has 3 heterocycles. The average Bonchev–Trinajstić information content (AvgIpc) is 3.30. The molecule has 8 nitrogen and oxygen atoms in total. The van der Waals surface area contributed by atoms with E-state index in [-0.39, 0.29) is 23.2 Å². The summed E-state index contributed by atoms with van der Waals surface area (Å²) < 4.78 is 30.6. The SMILES string of the molecule is Cc1nc(C)c(C(=O)N(CCN2CCOCC2)c2nc3c(S(C)(=O)=O)cccc3s2)s1.Cl. The van der Waals surface area contributed by atoms with Gasteiger partial charge in [0.15, 0.2) is 15.0 Å². The fourth-order valence-electron chi connectivity index (χ4n) is 3.53. The number of morpholine rings is 1. The van der Waals surface area contributed by atoms with Crippen LogP contribution in [0, 0.1) is 13.8 Å². The number of thiazole rings is 2. The first-order valence-electron chi connectivity index (χ1n) is 9.89. The molecule has 0 radical (unpaired) electrons. The number of amides is 1. The Balaban J connectivity index is 0.00000289. The number of fused-ring (bicyclic) bond motifs is 1. The summed E-state index contributed by atoms with van der Waals surface area (Å²) in [5.74, 6) is -0.156. The van der Waals surface area contributed by atoms with E-state index < -0.39 is 9.84 Å². The summed E-state index contributed by atoms with van der Waals surface area (Å²) in [7, 11) is -3.44. The van der Waals surface area contributed by atoms with Crippen LogP contribution >= 0.6 is 35.1 Å². The molecule has 1 aliphatic heterocycles. The van der Waals surface area contributed by atoms with Gasteiger partial charge in [-0.05, 0) is 26.0 Å². The van der Waals surface area contributed by atoms with Crippen molar-refractivity contribution in [1.82, 2.24) is 14.9 Å². The zero-order valence-electron chi connectivity index (χ0n) is 18.0. The summed E-state index contributed by atoms with van der Waals surface area (Å²) in [5.41, 5.74) is 1.10. The lowest BCUT2D eigenvalue weighted by Crippen LogP contribution is -2.43. The molecule has 174 valence electrons. The van der Waals surface area contributed by atoms with Gasteiger partial charge in [-0.15, -0.1) is 23.7 Å². The Hall–Kier alpha value is -1.63. The first kappa shape index (κ1) is 25.0. The maximum atomic E-state index is 13.5. The van der Waals surface area contributed by atoms with Crippen molar-refractivity contribution in [3.05, 3.63) is 33.8 Å². The van der Waals surface area contributed by atoms with E-state index in [2.05, 4.69) is 14.9 Å². The van der Waals surface area contributed by atoms with E-state index in [0.717, 1.165) is 22.8 Å². The number of anilines is 1. The molecule has 0 atom stereocenters. The van der Waals surface area contributed by atoms with Gasteiger partial charge in [0, 0.05) is 32.4 Å². The number of carbonyl (C=O) groups excluding carboxylic acids is 1. The van der Waals surface area contributed by atoms with E-state index in [1.165, 1.54) is 28.9 Å². The Morgan fingerprint density at radius 2 is 1.91 bits per heavy atom. The molecule has 0 bridgehead atoms. The van der Waals surface area contributed by atoms with Crippen LogP contribution in [0.5, 0.6) is 0 Å². The van der Waals surface area contributed by atoms with E-state index in [1.54, 1.807) is 17.0 Å². The van der Waals surface area contributed by atoms with Gasteiger partial charge in [-0.2, -0.15) is 0 Å².